The topological polar surface area (TPSA) is 47.3 Å². The van der Waals surface area contributed by atoms with Crippen LogP contribution in [0.3, 0.4) is 0 Å². The van der Waals surface area contributed by atoms with Gasteiger partial charge < -0.3 is 15.8 Å². The molecule has 0 amide bonds. The highest BCUT2D eigenvalue weighted by molar-refractivity contribution is 14.1. The molecular formula is C13H21IN2O. The molecule has 1 aromatic rings. The molecule has 3 N–H and O–H groups in total. The molecule has 0 heterocycles. The fourth-order valence-electron chi connectivity index (χ4n) is 1.44. The van der Waals surface area contributed by atoms with E-state index in [1.54, 1.807) is 0 Å². The molecule has 0 saturated carbocycles. The SMILES string of the molecule is CC(C)OCCCCNc1ccc(N)cc1I. The van der Waals surface area contributed by atoms with Gasteiger partial charge in [-0.3, -0.25) is 0 Å². The molecule has 0 aliphatic heterocycles. The summed E-state index contributed by atoms with van der Waals surface area (Å²) in [4.78, 5) is 0. The minimum atomic E-state index is 0.334. The third-order valence-electron chi connectivity index (χ3n) is 2.33. The number of unbranched alkanes of at least 4 members (excludes halogenated alkanes) is 1. The van der Waals surface area contributed by atoms with Crippen molar-refractivity contribution < 1.29 is 4.74 Å². The van der Waals surface area contributed by atoms with E-state index in [0.717, 1.165) is 37.4 Å². The highest BCUT2D eigenvalue weighted by Crippen LogP contribution is 2.20. The zero-order valence-electron chi connectivity index (χ0n) is 10.5. The molecule has 3 nitrogen and oxygen atoms in total. The predicted molar refractivity (Wildman–Crippen MR) is 82.4 cm³/mol. The normalized spacial score (nSPS) is 10.8. The van der Waals surface area contributed by atoms with E-state index in [4.69, 9.17) is 10.5 Å². The molecule has 1 rings (SSSR count). The molecule has 0 atom stereocenters. The molecule has 0 radical (unpaired) electrons. The van der Waals surface area contributed by atoms with Gasteiger partial charge in [-0.1, -0.05) is 0 Å². The Bertz CT molecular complexity index is 342. The standard InChI is InChI=1S/C13H21IN2O/c1-10(2)17-8-4-3-7-16-13-6-5-11(15)9-12(13)14/h5-6,9-10,16H,3-4,7-8,15H2,1-2H3. The van der Waals surface area contributed by atoms with Gasteiger partial charge in [-0.2, -0.15) is 0 Å². The lowest BCUT2D eigenvalue weighted by atomic mass is 10.2. The first-order valence-corrected chi connectivity index (χ1v) is 7.08. The summed E-state index contributed by atoms with van der Waals surface area (Å²) in [5.41, 5.74) is 7.67. The van der Waals surface area contributed by atoms with Crippen LogP contribution in [0.4, 0.5) is 11.4 Å². The van der Waals surface area contributed by atoms with Crippen LogP contribution in [-0.2, 0) is 4.74 Å². The largest absolute Gasteiger partial charge is 0.399 e. The number of halogens is 1. The van der Waals surface area contributed by atoms with Crippen molar-refractivity contribution in [3.05, 3.63) is 21.8 Å². The molecule has 0 aliphatic rings. The zero-order valence-corrected chi connectivity index (χ0v) is 12.7. The first-order chi connectivity index (χ1) is 8.09. The van der Waals surface area contributed by atoms with Gasteiger partial charge in [0.25, 0.3) is 0 Å². The van der Waals surface area contributed by atoms with Crippen molar-refractivity contribution in [2.75, 3.05) is 24.2 Å². The van der Waals surface area contributed by atoms with Gasteiger partial charge in [0.15, 0.2) is 0 Å². The van der Waals surface area contributed by atoms with Crippen molar-refractivity contribution in [2.24, 2.45) is 0 Å². The Labute approximate surface area is 117 Å². The summed E-state index contributed by atoms with van der Waals surface area (Å²) in [5, 5.41) is 3.41. The Morgan fingerprint density at radius 1 is 1.35 bits per heavy atom. The zero-order chi connectivity index (χ0) is 12.7. The molecule has 0 saturated heterocycles. The summed E-state index contributed by atoms with van der Waals surface area (Å²) in [6, 6.07) is 5.93. The van der Waals surface area contributed by atoms with E-state index in [-0.39, 0.29) is 0 Å². The highest BCUT2D eigenvalue weighted by atomic mass is 127. The van der Waals surface area contributed by atoms with Gasteiger partial charge in [0.05, 0.1) is 6.10 Å². The van der Waals surface area contributed by atoms with E-state index in [0.29, 0.717) is 6.10 Å². The Kier molecular flexibility index (Phi) is 6.65. The number of ether oxygens (including phenoxy) is 1. The third-order valence-corrected chi connectivity index (χ3v) is 3.22. The lowest BCUT2D eigenvalue weighted by molar-refractivity contribution is 0.0765. The second kappa shape index (κ2) is 7.76. The quantitative estimate of drug-likeness (QED) is 0.451. The summed E-state index contributed by atoms with van der Waals surface area (Å²) in [6.07, 6.45) is 2.55. The molecule has 0 bridgehead atoms. The number of hydrogen-bond donors (Lipinski definition) is 2. The fraction of sp³-hybridized carbons (Fsp3) is 0.538. The molecule has 17 heavy (non-hydrogen) atoms. The van der Waals surface area contributed by atoms with E-state index in [9.17, 15) is 0 Å². The Hall–Kier alpha value is -0.490. The minimum Gasteiger partial charge on any atom is -0.399 e. The molecule has 0 aliphatic carbocycles. The maximum Gasteiger partial charge on any atom is 0.0518 e. The Morgan fingerprint density at radius 3 is 2.76 bits per heavy atom. The van der Waals surface area contributed by atoms with E-state index in [1.807, 2.05) is 18.2 Å². The predicted octanol–water partition coefficient (Wildman–Crippen LogP) is 3.49. The third kappa shape index (κ3) is 6.12. The van der Waals surface area contributed by atoms with Crippen LogP contribution < -0.4 is 11.1 Å². The van der Waals surface area contributed by atoms with Gasteiger partial charge in [-0.05, 0) is 67.5 Å². The van der Waals surface area contributed by atoms with E-state index in [1.165, 1.54) is 3.57 Å². The van der Waals surface area contributed by atoms with Crippen molar-refractivity contribution in [1.29, 1.82) is 0 Å². The van der Waals surface area contributed by atoms with Crippen LogP contribution in [0.1, 0.15) is 26.7 Å². The number of hydrogen-bond acceptors (Lipinski definition) is 3. The Morgan fingerprint density at radius 2 is 2.12 bits per heavy atom. The summed E-state index contributed by atoms with van der Waals surface area (Å²) in [5.74, 6) is 0. The van der Waals surface area contributed by atoms with Crippen LogP contribution in [0, 0.1) is 3.57 Å². The van der Waals surface area contributed by atoms with Crippen molar-refractivity contribution in [3.8, 4) is 0 Å². The number of rotatable bonds is 7. The second-order valence-corrected chi connectivity index (χ2v) is 5.45. The van der Waals surface area contributed by atoms with Crippen LogP contribution in [0.15, 0.2) is 18.2 Å². The smallest absolute Gasteiger partial charge is 0.0518 e. The molecule has 0 fully saturated rings. The number of benzene rings is 1. The van der Waals surface area contributed by atoms with Crippen LogP contribution >= 0.6 is 22.6 Å². The van der Waals surface area contributed by atoms with Gasteiger partial charge in [0.2, 0.25) is 0 Å². The summed E-state index contributed by atoms with van der Waals surface area (Å²) < 4.78 is 6.66. The molecular weight excluding hydrogens is 327 g/mol. The highest BCUT2D eigenvalue weighted by Gasteiger charge is 1.99. The van der Waals surface area contributed by atoms with Crippen molar-refractivity contribution in [1.82, 2.24) is 0 Å². The lowest BCUT2D eigenvalue weighted by Crippen LogP contribution is -2.07. The summed E-state index contributed by atoms with van der Waals surface area (Å²) in [6.45, 7) is 5.95. The molecule has 0 aromatic heterocycles. The molecule has 96 valence electrons. The number of nitrogens with one attached hydrogen (secondary N) is 1. The van der Waals surface area contributed by atoms with Crippen molar-refractivity contribution in [2.45, 2.75) is 32.8 Å². The van der Waals surface area contributed by atoms with Gasteiger partial charge >= 0.3 is 0 Å². The van der Waals surface area contributed by atoms with Crippen LogP contribution in [0.2, 0.25) is 0 Å². The first kappa shape index (κ1) is 14.6. The number of nitrogens with two attached hydrogens (primary N) is 1. The van der Waals surface area contributed by atoms with Gasteiger partial charge in [0, 0.05) is 28.1 Å². The number of nitrogen functional groups attached to an aromatic ring is 1. The monoisotopic (exact) mass is 348 g/mol. The van der Waals surface area contributed by atoms with E-state index >= 15 is 0 Å². The minimum absolute atomic E-state index is 0.334. The summed E-state index contributed by atoms with van der Waals surface area (Å²) in [7, 11) is 0. The van der Waals surface area contributed by atoms with Crippen LogP contribution in [0.5, 0.6) is 0 Å². The molecule has 1 aromatic carbocycles. The average molecular weight is 348 g/mol. The van der Waals surface area contributed by atoms with Crippen molar-refractivity contribution in [3.63, 3.8) is 0 Å². The van der Waals surface area contributed by atoms with Gasteiger partial charge in [0.1, 0.15) is 0 Å². The lowest BCUT2D eigenvalue weighted by Gasteiger charge is -2.10. The molecule has 4 heteroatoms. The Balaban J connectivity index is 2.18. The number of anilines is 2. The molecule has 0 unspecified atom stereocenters. The summed E-state index contributed by atoms with van der Waals surface area (Å²) >= 11 is 2.30. The van der Waals surface area contributed by atoms with Crippen LogP contribution in [0.25, 0.3) is 0 Å². The second-order valence-electron chi connectivity index (χ2n) is 4.29. The van der Waals surface area contributed by atoms with E-state index < -0.39 is 0 Å². The first-order valence-electron chi connectivity index (χ1n) is 6.00. The van der Waals surface area contributed by atoms with Gasteiger partial charge in [-0.25, -0.2) is 0 Å². The maximum atomic E-state index is 5.70. The van der Waals surface area contributed by atoms with Gasteiger partial charge in [-0.15, -0.1) is 0 Å². The molecule has 0 spiro atoms. The fourth-order valence-corrected chi connectivity index (χ4v) is 2.17. The van der Waals surface area contributed by atoms with Crippen LogP contribution in [-0.4, -0.2) is 19.3 Å². The maximum absolute atomic E-state index is 5.70. The average Bonchev–Trinajstić information content (AvgIpc) is 2.25. The van der Waals surface area contributed by atoms with E-state index in [2.05, 4.69) is 41.8 Å². The van der Waals surface area contributed by atoms with Crippen molar-refractivity contribution >= 4 is 34.0 Å².